The molecule has 0 bridgehead atoms. The highest BCUT2D eigenvalue weighted by Gasteiger charge is 2.48. The Morgan fingerprint density at radius 3 is 0.878 bits per heavy atom. The first-order valence-corrected chi connectivity index (χ1v) is 32.0. The van der Waals surface area contributed by atoms with E-state index in [1.807, 2.05) is 0 Å². The fraction of sp³-hybridized carbons (Fsp3) is 0.136. The van der Waals surface area contributed by atoms with Gasteiger partial charge in [-0.2, -0.15) is 0 Å². The Morgan fingerprint density at radius 1 is 0.256 bits per heavy atom. The van der Waals surface area contributed by atoms with Crippen molar-refractivity contribution >= 4 is 66.4 Å². The van der Waals surface area contributed by atoms with E-state index in [9.17, 15) is 0 Å². The van der Waals surface area contributed by atoms with Crippen LogP contribution in [-0.2, 0) is 21.7 Å². The van der Waals surface area contributed by atoms with Gasteiger partial charge in [0.25, 0.3) is 0 Å². The van der Waals surface area contributed by atoms with Gasteiger partial charge < -0.3 is 9.80 Å². The summed E-state index contributed by atoms with van der Waals surface area (Å²) < 4.78 is 0. The molecule has 0 unspecified atom stereocenters. The van der Waals surface area contributed by atoms with Crippen molar-refractivity contribution in [1.82, 2.24) is 0 Å². The van der Waals surface area contributed by atoms with Crippen LogP contribution < -0.4 is 9.80 Å². The molecule has 0 saturated carbocycles. The maximum Gasteiger partial charge on any atom is 0.0714 e. The lowest BCUT2D eigenvalue weighted by Crippen LogP contribution is -2.28. The second-order valence-electron chi connectivity index (χ2n) is 27.3. The monoisotopic (exact) mass is 1160 g/mol. The maximum absolute atomic E-state index is 2.57. The molecule has 0 heterocycles. The molecule has 0 saturated heterocycles. The van der Waals surface area contributed by atoms with Crippen LogP contribution >= 0.6 is 0 Å². The van der Waals surface area contributed by atoms with Crippen LogP contribution in [0.15, 0.2) is 291 Å². The highest BCUT2D eigenvalue weighted by molar-refractivity contribution is 6.29. The van der Waals surface area contributed by atoms with Gasteiger partial charge in [0.05, 0.1) is 22.2 Å². The molecule has 0 N–H and O–H groups in total. The summed E-state index contributed by atoms with van der Waals surface area (Å²) in [5, 5.41) is 7.55. The van der Waals surface area contributed by atoms with Crippen molar-refractivity contribution < 1.29 is 0 Å². The number of nitrogens with zero attached hydrogens (tertiary/aromatic N) is 2. The van der Waals surface area contributed by atoms with Gasteiger partial charge in [0.1, 0.15) is 0 Å². The molecule has 0 aliphatic heterocycles. The number of rotatable bonds is 10. The van der Waals surface area contributed by atoms with Crippen molar-refractivity contribution in [1.29, 1.82) is 0 Å². The third kappa shape index (κ3) is 8.23. The standard InChI is InChI=1S/C88H72N2/c1-57-27-23-35-63(51-57)89(65-37-25-33-61(53-65)87(59-29-11-9-12-30-59)75-43-19-15-39-67(75)68-40-16-20-44-76(68)87)81-55-79(85(3,4)5)71-48-50-74-82(56-80(86(6,7)8)72-47-49-73(81)83(71)84(72)74)90(64-36-24-28-58(2)52-64)66-38-26-34-62(54-66)88(60-31-13-10-14-32-60)77-45-21-17-41-69(77)70-42-18-22-46-78(70)88/h9-56H,1-8H3. The van der Waals surface area contributed by atoms with Gasteiger partial charge in [-0.1, -0.05) is 272 Å². The number of hydrogen-bond donors (Lipinski definition) is 0. The lowest BCUT2D eigenvalue weighted by Gasteiger charge is -2.36. The van der Waals surface area contributed by atoms with Crippen molar-refractivity contribution in [2.75, 3.05) is 9.80 Å². The molecular weight excluding hydrogens is 1080 g/mol. The summed E-state index contributed by atoms with van der Waals surface area (Å²) in [6.45, 7) is 18.8. The van der Waals surface area contributed by atoms with E-state index in [4.69, 9.17) is 0 Å². The number of fused-ring (bicyclic) bond motifs is 6. The Labute approximate surface area is 530 Å². The lowest BCUT2D eigenvalue weighted by molar-refractivity contribution is 0.595. The van der Waals surface area contributed by atoms with Gasteiger partial charge in [-0.25, -0.2) is 0 Å². The average molecular weight is 1160 g/mol. The molecule has 0 aromatic heterocycles. The van der Waals surface area contributed by atoms with Gasteiger partial charge in [-0.3, -0.25) is 0 Å². The third-order valence-corrected chi connectivity index (χ3v) is 19.9. The second-order valence-corrected chi connectivity index (χ2v) is 27.3. The molecule has 0 atom stereocenters. The highest BCUT2D eigenvalue weighted by atomic mass is 15.2. The van der Waals surface area contributed by atoms with Crippen molar-refractivity contribution in [3.05, 3.63) is 358 Å². The second kappa shape index (κ2) is 20.7. The maximum atomic E-state index is 2.57. The summed E-state index contributed by atoms with van der Waals surface area (Å²) in [5.74, 6) is 0. The summed E-state index contributed by atoms with van der Waals surface area (Å²) in [6, 6.07) is 111. The topological polar surface area (TPSA) is 6.48 Å². The number of benzene rings is 14. The Hall–Kier alpha value is -10.3. The molecular formula is C88H72N2. The van der Waals surface area contributed by atoms with E-state index in [0.29, 0.717) is 0 Å². The Kier molecular flexibility index (Phi) is 12.6. The van der Waals surface area contributed by atoms with E-state index in [0.717, 1.165) is 34.1 Å². The van der Waals surface area contributed by atoms with Crippen molar-refractivity contribution in [2.45, 2.75) is 77.0 Å². The Balaban J connectivity index is 0.978. The van der Waals surface area contributed by atoms with E-state index >= 15 is 0 Å². The van der Waals surface area contributed by atoms with E-state index in [1.54, 1.807) is 0 Å². The SMILES string of the molecule is Cc1cccc(N(c2cccc(C3(c4ccccc4)c4ccccc4-c4ccccc43)c2)c2cc(C(C)(C)C)c3ccc4c(N(c5cccc(C)c5)c5cccc(C6(c7ccccc7)c7ccccc7-c7ccccc76)c5)cc(C(C)(C)C)c5ccc2c3c45)c1. The van der Waals surface area contributed by atoms with Crippen LogP contribution in [0.4, 0.5) is 34.1 Å². The van der Waals surface area contributed by atoms with Crippen molar-refractivity contribution in [3.63, 3.8) is 0 Å². The van der Waals surface area contributed by atoms with Crippen LogP contribution in [-0.4, -0.2) is 0 Å². The smallest absolute Gasteiger partial charge is 0.0714 e. The minimum Gasteiger partial charge on any atom is -0.310 e. The molecule has 434 valence electrons. The minimum atomic E-state index is -0.571. The molecule has 2 heteroatoms. The van der Waals surface area contributed by atoms with E-state index in [2.05, 4.69) is 356 Å². The first-order chi connectivity index (χ1) is 43.7. The zero-order chi connectivity index (χ0) is 61.3. The normalized spacial score (nSPS) is 13.7. The van der Waals surface area contributed by atoms with Gasteiger partial charge in [-0.05, 0) is 196 Å². The van der Waals surface area contributed by atoms with Gasteiger partial charge in [0.2, 0.25) is 0 Å². The zero-order valence-corrected chi connectivity index (χ0v) is 52.6. The summed E-state index contributed by atoms with van der Waals surface area (Å²) in [5.41, 5.74) is 25.5. The van der Waals surface area contributed by atoms with Crippen LogP contribution in [0.3, 0.4) is 0 Å². The summed E-state index contributed by atoms with van der Waals surface area (Å²) >= 11 is 0. The predicted molar refractivity (Wildman–Crippen MR) is 381 cm³/mol. The summed E-state index contributed by atoms with van der Waals surface area (Å²) in [7, 11) is 0. The molecule has 14 aromatic carbocycles. The minimum absolute atomic E-state index is 0.234. The van der Waals surface area contributed by atoms with Crippen LogP contribution in [0.1, 0.15) is 108 Å². The Morgan fingerprint density at radius 2 is 0.544 bits per heavy atom. The number of aryl methyl sites for hydroxylation is 2. The van der Waals surface area contributed by atoms with Gasteiger partial charge in [0, 0.05) is 33.5 Å². The first-order valence-electron chi connectivity index (χ1n) is 32.0. The number of hydrogen-bond acceptors (Lipinski definition) is 2. The first kappa shape index (κ1) is 55.1. The molecule has 0 amide bonds. The van der Waals surface area contributed by atoms with E-state index in [-0.39, 0.29) is 10.8 Å². The van der Waals surface area contributed by atoms with Crippen LogP contribution in [0.5, 0.6) is 0 Å². The van der Waals surface area contributed by atoms with Crippen LogP contribution in [0, 0.1) is 13.8 Å². The Bertz CT molecular complexity index is 4720. The quantitative estimate of drug-likeness (QED) is 0.126. The predicted octanol–water partition coefficient (Wildman–Crippen LogP) is 23.5. The molecule has 90 heavy (non-hydrogen) atoms. The summed E-state index contributed by atoms with van der Waals surface area (Å²) in [6.07, 6.45) is 0. The van der Waals surface area contributed by atoms with Gasteiger partial charge >= 0.3 is 0 Å². The van der Waals surface area contributed by atoms with Crippen LogP contribution in [0.25, 0.3) is 54.6 Å². The van der Waals surface area contributed by atoms with Gasteiger partial charge in [0.15, 0.2) is 0 Å². The molecule has 0 fully saturated rings. The molecule has 0 radical (unpaired) electrons. The van der Waals surface area contributed by atoms with E-state index < -0.39 is 10.8 Å². The van der Waals surface area contributed by atoms with E-state index in [1.165, 1.54) is 121 Å². The van der Waals surface area contributed by atoms with Crippen molar-refractivity contribution in [3.8, 4) is 22.3 Å². The fourth-order valence-corrected chi connectivity index (χ4v) is 16.1. The summed E-state index contributed by atoms with van der Waals surface area (Å²) in [4.78, 5) is 5.14. The largest absolute Gasteiger partial charge is 0.310 e. The van der Waals surface area contributed by atoms with Gasteiger partial charge in [-0.15, -0.1) is 0 Å². The highest BCUT2D eigenvalue weighted by Crippen LogP contribution is 2.60. The molecule has 16 rings (SSSR count). The molecule has 2 nitrogen and oxygen atoms in total. The zero-order valence-electron chi connectivity index (χ0n) is 52.6. The lowest BCUT2D eigenvalue weighted by atomic mass is 9.67. The third-order valence-electron chi connectivity index (χ3n) is 19.9. The molecule has 14 aromatic rings. The fourth-order valence-electron chi connectivity index (χ4n) is 16.1. The molecule has 2 aliphatic carbocycles. The number of anilines is 6. The van der Waals surface area contributed by atoms with Crippen molar-refractivity contribution in [2.24, 2.45) is 0 Å². The van der Waals surface area contributed by atoms with Crippen LogP contribution in [0.2, 0.25) is 0 Å². The molecule has 2 aliphatic rings. The average Bonchev–Trinajstić information content (AvgIpc) is 1.07. The molecule has 0 spiro atoms.